The molecule has 0 saturated carbocycles. The Hall–Kier alpha value is -1.39. The Morgan fingerprint density at radius 1 is 1.53 bits per heavy atom. The molecular weight excluding hydrogens is 242 g/mol. The standard InChI is InChI=1S/C15H21NO3/c1-2-4-14-11-16(7-8-19-14)10-12-5-3-6-13(9-12)15(17)18/h3,5-6,9,14H,2,4,7-8,10-11H2,1H3,(H,17,18). The molecule has 1 aromatic carbocycles. The van der Waals surface area contributed by atoms with E-state index >= 15 is 0 Å². The minimum atomic E-state index is -0.868. The summed E-state index contributed by atoms with van der Waals surface area (Å²) in [5.41, 5.74) is 1.41. The van der Waals surface area contributed by atoms with E-state index in [0.717, 1.165) is 44.6 Å². The van der Waals surface area contributed by atoms with Gasteiger partial charge < -0.3 is 9.84 Å². The number of benzene rings is 1. The Morgan fingerprint density at radius 3 is 3.11 bits per heavy atom. The molecule has 1 aromatic rings. The number of nitrogens with zero attached hydrogens (tertiary/aromatic N) is 1. The number of carbonyl (C=O) groups is 1. The van der Waals surface area contributed by atoms with E-state index in [1.54, 1.807) is 12.1 Å². The molecule has 19 heavy (non-hydrogen) atoms. The van der Waals surface area contributed by atoms with E-state index in [1.165, 1.54) is 0 Å². The molecule has 1 atom stereocenters. The van der Waals surface area contributed by atoms with Gasteiger partial charge in [-0.25, -0.2) is 4.79 Å². The molecule has 4 nitrogen and oxygen atoms in total. The molecular formula is C15H21NO3. The lowest BCUT2D eigenvalue weighted by molar-refractivity contribution is -0.0350. The van der Waals surface area contributed by atoms with E-state index in [-0.39, 0.29) is 0 Å². The first kappa shape index (κ1) is 14.0. The van der Waals surface area contributed by atoms with E-state index in [1.807, 2.05) is 12.1 Å². The monoisotopic (exact) mass is 263 g/mol. The fraction of sp³-hybridized carbons (Fsp3) is 0.533. The third-order valence-electron chi connectivity index (χ3n) is 3.41. The zero-order chi connectivity index (χ0) is 13.7. The maximum atomic E-state index is 10.9. The van der Waals surface area contributed by atoms with Crippen molar-refractivity contribution in [3.8, 4) is 0 Å². The van der Waals surface area contributed by atoms with Crippen molar-refractivity contribution >= 4 is 5.97 Å². The molecule has 1 aliphatic rings. The average Bonchev–Trinajstić information content (AvgIpc) is 2.40. The van der Waals surface area contributed by atoms with Gasteiger partial charge in [0.05, 0.1) is 18.3 Å². The Labute approximate surface area is 114 Å². The normalized spacial score (nSPS) is 20.4. The Morgan fingerprint density at radius 2 is 2.37 bits per heavy atom. The van der Waals surface area contributed by atoms with Crippen LogP contribution >= 0.6 is 0 Å². The van der Waals surface area contributed by atoms with E-state index in [2.05, 4.69) is 11.8 Å². The molecule has 0 bridgehead atoms. The second-order valence-electron chi connectivity index (χ2n) is 5.02. The van der Waals surface area contributed by atoms with Crippen LogP contribution in [0.4, 0.5) is 0 Å². The first-order valence-corrected chi connectivity index (χ1v) is 6.85. The highest BCUT2D eigenvalue weighted by Gasteiger charge is 2.19. The second-order valence-corrected chi connectivity index (χ2v) is 5.02. The summed E-state index contributed by atoms with van der Waals surface area (Å²) in [6.45, 7) is 5.58. The molecule has 2 rings (SSSR count). The summed E-state index contributed by atoms with van der Waals surface area (Å²) in [7, 11) is 0. The van der Waals surface area contributed by atoms with Crippen molar-refractivity contribution in [3.63, 3.8) is 0 Å². The van der Waals surface area contributed by atoms with Crippen molar-refractivity contribution < 1.29 is 14.6 Å². The number of ether oxygens (including phenoxy) is 1. The molecule has 1 aliphatic heterocycles. The minimum absolute atomic E-state index is 0.321. The van der Waals surface area contributed by atoms with Crippen LogP contribution < -0.4 is 0 Å². The zero-order valence-corrected chi connectivity index (χ0v) is 11.3. The van der Waals surface area contributed by atoms with E-state index in [4.69, 9.17) is 9.84 Å². The van der Waals surface area contributed by atoms with Gasteiger partial charge in [-0.3, -0.25) is 4.90 Å². The molecule has 0 aromatic heterocycles. The lowest BCUT2D eigenvalue weighted by Gasteiger charge is -2.32. The molecule has 1 saturated heterocycles. The fourth-order valence-electron chi connectivity index (χ4n) is 2.48. The maximum absolute atomic E-state index is 10.9. The number of aromatic carboxylic acids is 1. The summed E-state index contributed by atoms with van der Waals surface area (Å²) in [4.78, 5) is 13.3. The highest BCUT2D eigenvalue weighted by molar-refractivity contribution is 5.87. The summed E-state index contributed by atoms with van der Waals surface area (Å²) in [5.74, 6) is -0.868. The van der Waals surface area contributed by atoms with Gasteiger partial charge in [0.1, 0.15) is 0 Å². The predicted octanol–water partition coefficient (Wildman–Crippen LogP) is 2.39. The highest BCUT2D eigenvalue weighted by atomic mass is 16.5. The number of carboxylic acids is 1. The largest absolute Gasteiger partial charge is 0.478 e. The summed E-state index contributed by atoms with van der Waals surface area (Å²) < 4.78 is 5.71. The van der Waals surface area contributed by atoms with Crippen LogP contribution in [0.1, 0.15) is 35.7 Å². The van der Waals surface area contributed by atoms with E-state index in [9.17, 15) is 4.79 Å². The summed E-state index contributed by atoms with van der Waals surface area (Å²) in [6.07, 6.45) is 2.54. The van der Waals surface area contributed by atoms with Gasteiger partial charge in [-0.1, -0.05) is 25.5 Å². The van der Waals surface area contributed by atoms with Gasteiger partial charge in [-0.2, -0.15) is 0 Å². The van der Waals surface area contributed by atoms with Gasteiger partial charge in [-0.15, -0.1) is 0 Å². The smallest absolute Gasteiger partial charge is 0.335 e. The molecule has 0 spiro atoms. The summed E-state index contributed by atoms with van der Waals surface area (Å²) in [6, 6.07) is 7.18. The first-order valence-electron chi connectivity index (χ1n) is 6.85. The van der Waals surface area contributed by atoms with E-state index < -0.39 is 5.97 Å². The molecule has 104 valence electrons. The first-order chi connectivity index (χ1) is 9.19. The van der Waals surface area contributed by atoms with Gasteiger partial charge >= 0.3 is 5.97 Å². The number of carboxylic acid groups (broad SMARTS) is 1. The second kappa shape index (κ2) is 6.68. The third-order valence-corrected chi connectivity index (χ3v) is 3.41. The van der Waals surface area contributed by atoms with Crippen LogP contribution in [0.25, 0.3) is 0 Å². The highest BCUT2D eigenvalue weighted by Crippen LogP contribution is 2.14. The SMILES string of the molecule is CCCC1CN(Cc2cccc(C(=O)O)c2)CCO1. The third kappa shape index (κ3) is 4.04. The van der Waals surface area contributed by atoms with Crippen LogP contribution in [-0.2, 0) is 11.3 Å². The van der Waals surface area contributed by atoms with Crippen LogP contribution in [0.2, 0.25) is 0 Å². The van der Waals surface area contributed by atoms with Crippen LogP contribution in [-0.4, -0.2) is 41.8 Å². The predicted molar refractivity (Wildman–Crippen MR) is 73.3 cm³/mol. The van der Waals surface area contributed by atoms with Gasteiger partial charge in [0.2, 0.25) is 0 Å². The van der Waals surface area contributed by atoms with Crippen molar-refractivity contribution in [2.75, 3.05) is 19.7 Å². The lowest BCUT2D eigenvalue weighted by atomic mass is 10.1. The zero-order valence-electron chi connectivity index (χ0n) is 11.3. The van der Waals surface area contributed by atoms with Gasteiger partial charge in [0.15, 0.2) is 0 Å². The molecule has 0 aliphatic carbocycles. The van der Waals surface area contributed by atoms with Gasteiger partial charge in [-0.05, 0) is 24.1 Å². The number of hydrogen-bond acceptors (Lipinski definition) is 3. The maximum Gasteiger partial charge on any atom is 0.335 e. The molecule has 1 N–H and O–H groups in total. The Balaban J connectivity index is 1.96. The molecule has 1 fully saturated rings. The number of morpholine rings is 1. The topological polar surface area (TPSA) is 49.8 Å². The molecule has 4 heteroatoms. The average molecular weight is 263 g/mol. The quantitative estimate of drug-likeness (QED) is 0.886. The number of rotatable bonds is 5. The lowest BCUT2D eigenvalue weighted by Crippen LogP contribution is -2.41. The summed E-state index contributed by atoms with van der Waals surface area (Å²) >= 11 is 0. The van der Waals surface area contributed by atoms with E-state index in [0.29, 0.717) is 11.7 Å². The summed E-state index contributed by atoms with van der Waals surface area (Å²) in [5, 5.41) is 8.99. The van der Waals surface area contributed by atoms with Crippen LogP contribution in [0.5, 0.6) is 0 Å². The van der Waals surface area contributed by atoms with Gasteiger partial charge in [0.25, 0.3) is 0 Å². The minimum Gasteiger partial charge on any atom is -0.478 e. The molecule has 0 radical (unpaired) electrons. The van der Waals surface area contributed by atoms with Crippen molar-refractivity contribution in [3.05, 3.63) is 35.4 Å². The van der Waals surface area contributed by atoms with Gasteiger partial charge in [0, 0.05) is 19.6 Å². The molecule has 0 amide bonds. The number of hydrogen-bond donors (Lipinski definition) is 1. The van der Waals surface area contributed by atoms with Crippen molar-refractivity contribution in [1.29, 1.82) is 0 Å². The molecule has 1 heterocycles. The van der Waals surface area contributed by atoms with Crippen molar-refractivity contribution in [1.82, 2.24) is 4.90 Å². The van der Waals surface area contributed by atoms with Crippen molar-refractivity contribution in [2.45, 2.75) is 32.4 Å². The van der Waals surface area contributed by atoms with Crippen molar-refractivity contribution in [2.24, 2.45) is 0 Å². The fourth-order valence-corrected chi connectivity index (χ4v) is 2.48. The van der Waals surface area contributed by atoms with Crippen LogP contribution in [0.15, 0.2) is 24.3 Å². The Kier molecular flexibility index (Phi) is 4.93. The van der Waals surface area contributed by atoms with Crippen LogP contribution in [0.3, 0.4) is 0 Å². The van der Waals surface area contributed by atoms with Crippen LogP contribution in [0, 0.1) is 0 Å². The Bertz CT molecular complexity index is 431. The molecule has 1 unspecified atom stereocenters.